The number of carbonyl (C=O) groups is 2. The van der Waals surface area contributed by atoms with Crippen LogP contribution >= 0.6 is 0 Å². The van der Waals surface area contributed by atoms with Crippen LogP contribution in [0.1, 0.15) is 12.0 Å². The van der Waals surface area contributed by atoms with Gasteiger partial charge < -0.3 is 14.4 Å². The minimum absolute atomic E-state index is 0.0753. The maximum atomic E-state index is 12.2. The van der Waals surface area contributed by atoms with Gasteiger partial charge in [0.25, 0.3) is 0 Å². The van der Waals surface area contributed by atoms with Crippen LogP contribution < -0.4 is 4.74 Å². The lowest BCUT2D eigenvalue weighted by atomic mass is 10.1. The summed E-state index contributed by atoms with van der Waals surface area (Å²) in [6.07, 6.45) is 0.202. The van der Waals surface area contributed by atoms with Gasteiger partial charge in [0.15, 0.2) is 6.04 Å². The SMILES string of the molecule is C=C1[C@H](C(=O)OCc2ccc(OC)cc2)N2C(=O)C[C@H]2S1=O. The number of methoxy groups -OCH3 is 1. The number of fused-ring (bicyclic) bond motifs is 1. The van der Waals surface area contributed by atoms with Crippen molar-refractivity contribution < 1.29 is 23.3 Å². The molecule has 0 aromatic heterocycles. The minimum Gasteiger partial charge on any atom is -0.497 e. The Bertz CT molecular complexity index is 669. The number of benzene rings is 1. The molecule has 3 atom stereocenters. The van der Waals surface area contributed by atoms with Crippen molar-refractivity contribution in [1.29, 1.82) is 0 Å². The third kappa shape index (κ3) is 2.31. The van der Waals surface area contributed by atoms with Crippen molar-refractivity contribution in [2.24, 2.45) is 0 Å². The lowest BCUT2D eigenvalue weighted by Gasteiger charge is -2.35. The average molecular weight is 321 g/mol. The fourth-order valence-electron chi connectivity index (χ4n) is 2.53. The van der Waals surface area contributed by atoms with Gasteiger partial charge in [0.2, 0.25) is 5.91 Å². The Balaban J connectivity index is 1.65. The zero-order valence-electron chi connectivity index (χ0n) is 12.0. The van der Waals surface area contributed by atoms with Crippen LogP contribution in [0.15, 0.2) is 35.7 Å². The molecule has 2 fully saturated rings. The lowest BCUT2D eigenvalue weighted by molar-refractivity contribution is -0.159. The van der Waals surface area contributed by atoms with Crippen molar-refractivity contribution in [1.82, 2.24) is 4.90 Å². The van der Waals surface area contributed by atoms with Crippen molar-refractivity contribution in [2.45, 2.75) is 24.4 Å². The smallest absolute Gasteiger partial charge is 0.334 e. The molecule has 0 radical (unpaired) electrons. The predicted molar refractivity (Wildman–Crippen MR) is 79.1 cm³/mol. The highest BCUT2D eigenvalue weighted by Crippen LogP contribution is 2.38. The summed E-state index contributed by atoms with van der Waals surface area (Å²) in [4.78, 5) is 25.3. The van der Waals surface area contributed by atoms with Crippen molar-refractivity contribution >= 4 is 22.7 Å². The fourth-order valence-corrected chi connectivity index (χ4v) is 4.05. The van der Waals surface area contributed by atoms with Gasteiger partial charge in [0, 0.05) is 4.91 Å². The standard InChI is InChI=1S/C15H15NO5S/c1-9-14(16-12(17)7-13(16)22(9)19)15(18)21-8-10-3-5-11(20-2)6-4-10/h3-6,13-14H,1,7-8H2,2H3/t13-,14-,22?/m1/s1. The Morgan fingerprint density at radius 1 is 1.41 bits per heavy atom. The highest BCUT2D eigenvalue weighted by molar-refractivity contribution is 7.90. The van der Waals surface area contributed by atoms with E-state index in [-0.39, 0.29) is 23.8 Å². The van der Waals surface area contributed by atoms with Crippen LogP contribution in [0.5, 0.6) is 5.75 Å². The van der Waals surface area contributed by atoms with E-state index in [0.29, 0.717) is 5.75 Å². The first kappa shape index (κ1) is 14.8. The van der Waals surface area contributed by atoms with E-state index in [2.05, 4.69) is 6.58 Å². The van der Waals surface area contributed by atoms with Gasteiger partial charge >= 0.3 is 5.97 Å². The molecule has 1 unspecified atom stereocenters. The lowest BCUT2D eigenvalue weighted by Crippen LogP contribution is -2.55. The highest BCUT2D eigenvalue weighted by atomic mass is 32.2. The molecule has 0 spiro atoms. The van der Waals surface area contributed by atoms with Gasteiger partial charge in [-0.15, -0.1) is 0 Å². The molecule has 3 rings (SSSR count). The van der Waals surface area contributed by atoms with Gasteiger partial charge in [-0.1, -0.05) is 18.7 Å². The van der Waals surface area contributed by atoms with Gasteiger partial charge in [-0.05, 0) is 17.7 Å². The van der Waals surface area contributed by atoms with E-state index in [0.717, 1.165) is 5.56 Å². The molecular weight excluding hydrogens is 306 g/mol. The molecule has 6 nitrogen and oxygen atoms in total. The third-order valence-corrected chi connectivity index (χ3v) is 5.43. The number of amides is 1. The molecule has 2 heterocycles. The molecule has 1 aromatic carbocycles. The number of hydrogen-bond donors (Lipinski definition) is 0. The Labute approximate surface area is 130 Å². The Morgan fingerprint density at radius 3 is 2.68 bits per heavy atom. The second-order valence-corrected chi connectivity index (χ2v) is 6.75. The summed E-state index contributed by atoms with van der Waals surface area (Å²) in [6, 6.07) is 6.17. The van der Waals surface area contributed by atoms with Gasteiger partial charge in [-0.25, -0.2) is 4.79 Å². The van der Waals surface area contributed by atoms with E-state index in [4.69, 9.17) is 9.47 Å². The number of ether oxygens (including phenoxy) is 2. The largest absolute Gasteiger partial charge is 0.497 e. The maximum absolute atomic E-state index is 12.2. The van der Waals surface area contributed by atoms with Gasteiger partial charge in [-0.2, -0.15) is 0 Å². The molecule has 2 saturated heterocycles. The summed E-state index contributed by atoms with van der Waals surface area (Å²) in [5.74, 6) is -0.0724. The van der Waals surface area contributed by atoms with E-state index in [1.807, 2.05) is 0 Å². The average Bonchev–Trinajstić information content (AvgIpc) is 2.73. The molecule has 0 aliphatic carbocycles. The molecule has 22 heavy (non-hydrogen) atoms. The van der Waals surface area contributed by atoms with Crippen molar-refractivity contribution in [3.8, 4) is 5.75 Å². The summed E-state index contributed by atoms with van der Waals surface area (Å²) in [5.41, 5.74) is 0.797. The summed E-state index contributed by atoms with van der Waals surface area (Å²) < 4.78 is 22.3. The maximum Gasteiger partial charge on any atom is 0.334 e. The summed E-state index contributed by atoms with van der Waals surface area (Å²) in [6.45, 7) is 3.75. The molecule has 0 bridgehead atoms. The molecule has 0 N–H and O–H groups in total. The van der Waals surface area contributed by atoms with Crippen molar-refractivity contribution in [3.63, 3.8) is 0 Å². The Morgan fingerprint density at radius 2 is 2.09 bits per heavy atom. The van der Waals surface area contributed by atoms with E-state index < -0.39 is 28.2 Å². The minimum atomic E-state index is -1.39. The number of nitrogens with zero attached hydrogens (tertiary/aromatic N) is 1. The highest BCUT2D eigenvalue weighted by Gasteiger charge is 2.56. The van der Waals surface area contributed by atoms with E-state index >= 15 is 0 Å². The van der Waals surface area contributed by atoms with Gasteiger partial charge in [0.1, 0.15) is 17.7 Å². The van der Waals surface area contributed by atoms with E-state index in [1.54, 1.807) is 31.4 Å². The molecule has 1 aromatic rings. The van der Waals surface area contributed by atoms with Crippen LogP contribution in [0.25, 0.3) is 0 Å². The van der Waals surface area contributed by atoms with Gasteiger partial charge in [0.05, 0.1) is 24.3 Å². The van der Waals surface area contributed by atoms with Crippen LogP contribution in [0.3, 0.4) is 0 Å². The van der Waals surface area contributed by atoms with Crippen LogP contribution in [-0.2, 0) is 31.7 Å². The Kier molecular flexibility index (Phi) is 3.74. The quantitative estimate of drug-likeness (QED) is 0.609. The second kappa shape index (κ2) is 5.57. The molecule has 1 amide bonds. The first-order valence-corrected chi connectivity index (χ1v) is 7.94. The predicted octanol–water partition coefficient (Wildman–Crippen LogP) is 0.941. The van der Waals surface area contributed by atoms with Crippen LogP contribution in [0.4, 0.5) is 0 Å². The van der Waals surface area contributed by atoms with Gasteiger partial charge in [-0.3, -0.25) is 9.00 Å². The van der Waals surface area contributed by atoms with Crippen molar-refractivity contribution in [3.05, 3.63) is 41.3 Å². The summed E-state index contributed by atoms with van der Waals surface area (Å²) >= 11 is 0. The molecular formula is C15H15NO5S. The molecule has 2 aliphatic rings. The molecule has 7 heteroatoms. The van der Waals surface area contributed by atoms with Crippen LogP contribution in [0.2, 0.25) is 0 Å². The third-order valence-electron chi connectivity index (χ3n) is 3.80. The van der Waals surface area contributed by atoms with E-state index in [9.17, 15) is 13.8 Å². The van der Waals surface area contributed by atoms with Crippen LogP contribution in [0, 0.1) is 0 Å². The number of carbonyl (C=O) groups excluding carboxylic acids is 2. The molecule has 2 aliphatic heterocycles. The fraction of sp³-hybridized carbons (Fsp3) is 0.333. The number of esters is 1. The number of rotatable bonds is 4. The van der Waals surface area contributed by atoms with Crippen molar-refractivity contribution in [2.75, 3.05) is 7.11 Å². The first-order valence-electron chi connectivity index (χ1n) is 6.73. The summed E-state index contributed by atoms with van der Waals surface area (Å²) in [5, 5.41) is -0.418. The normalized spacial score (nSPS) is 26.4. The second-order valence-electron chi connectivity index (χ2n) is 5.08. The zero-order chi connectivity index (χ0) is 15.9. The topological polar surface area (TPSA) is 72.9 Å². The number of hydrogen-bond acceptors (Lipinski definition) is 5. The molecule has 0 saturated carbocycles. The van der Waals surface area contributed by atoms with E-state index in [1.165, 1.54) is 4.90 Å². The first-order chi connectivity index (χ1) is 10.5. The summed E-state index contributed by atoms with van der Waals surface area (Å²) in [7, 11) is 0.185. The number of β-lactam (4-membered cyclic amide) rings is 1. The zero-order valence-corrected chi connectivity index (χ0v) is 12.8. The monoisotopic (exact) mass is 321 g/mol. The Hall–Kier alpha value is -2.15. The van der Waals surface area contributed by atoms with Crippen LogP contribution in [-0.4, -0.2) is 39.5 Å². The molecule has 116 valence electrons.